The fourth-order valence-corrected chi connectivity index (χ4v) is 4.46. The molecule has 118 valence electrons. The first-order chi connectivity index (χ1) is 10.1. The molecular formula is C17H30N4. The molecule has 4 nitrogen and oxygen atoms in total. The number of aryl methyl sites for hydroxylation is 2. The third kappa shape index (κ3) is 3.02. The monoisotopic (exact) mass is 290 g/mol. The molecule has 4 heteroatoms. The number of nitrogens with one attached hydrogen (secondary N) is 1. The Balaban J connectivity index is 1.78. The molecule has 2 fully saturated rings. The Morgan fingerprint density at radius 1 is 1.38 bits per heavy atom. The standard InChI is InChI=1S/C17H30N4/c1-5-8-21(13(3)17-11-20(4)19-12(17)2)16-9-14-6-7-15(10-16)18-14/h11,13-16,18H,5-10H2,1-4H3. The smallest absolute Gasteiger partial charge is 0.0641 e. The molecule has 2 aliphatic rings. The van der Waals surface area contributed by atoms with E-state index < -0.39 is 0 Å². The van der Waals surface area contributed by atoms with Gasteiger partial charge >= 0.3 is 0 Å². The Hall–Kier alpha value is -0.870. The third-order valence-electron chi connectivity index (χ3n) is 5.40. The van der Waals surface area contributed by atoms with Crippen molar-refractivity contribution in [2.75, 3.05) is 6.54 Å². The molecule has 2 bridgehead atoms. The number of aromatic nitrogens is 2. The Morgan fingerprint density at radius 3 is 2.57 bits per heavy atom. The van der Waals surface area contributed by atoms with Gasteiger partial charge in [-0.05, 0) is 52.5 Å². The number of nitrogens with zero attached hydrogens (tertiary/aromatic N) is 3. The van der Waals surface area contributed by atoms with E-state index in [1.54, 1.807) is 0 Å². The summed E-state index contributed by atoms with van der Waals surface area (Å²) in [5.74, 6) is 0. The van der Waals surface area contributed by atoms with E-state index in [0.29, 0.717) is 6.04 Å². The first-order valence-electron chi connectivity index (χ1n) is 8.60. The minimum absolute atomic E-state index is 0.473. The lowest BCUT2D eigenvalue weighted by Crippen LogP contribution is -2.49. The lowest BCUT2D eigenvalue weighted by atomic mass is 9.95. The van der Waals surface area contributed by atoms with Gasteiger partial charge in [0.25, 0.3) is 0 Å². The number of hydrogen-bond acceptors (Lipinski definition) is 3. The van der Waals surface area contributed by atoms with Crippen molar-refractivity contribution in [2.45, 2.75) is 77.0 Å². The maximum absolute atomic E-state index is 4.54. The summed E-state index contributed by atoms with van der Waals surface area (Å²) < 4.78 is 1.96. The zero-order valence-corrected chi connectivity index (χ0v) is 14.0. The van der Waals surface area contributed by atoms with Crippen LogP contribution in [0, 0.1) is 6.92 Å². The normalized spacial score (nSPS) is 30.0. The van der Waals surface area contributed by atoms with Gasteiger partial charge in [-0.3, -0.25) is 9.58 Å². The Morgan fingerprint density at radius 2 is 2.05 bits per heavy atom. The maximum atomic E-state index is 4.54. The topological polar surface area (TPSA) is 33.1 Å². The highest BCUT2D eigenvalue weighted by Gasteiger charge is 2.37. The Bertz CT molecular complexity index is 469. The van der Waals surface area contributed by atoms with Gasteiger partial charge in [-0.1, -0.05) is 6.92 Å². The van der Waals surface area contributed by atoms with Crippen LogP contribution in [0.3, 0.4) is 0 Å². The van der Waals surface area contributed by atoms with E-state index in [4.69, 9.17) is 0 Å². The molecule has 3 rings (SSSR count). The van der Waals surface area contributed by atoms with Crippen molar-refractivity contribution in [1.29, 1.82) is 0 Å². The van der Waals surface area contributed by atoms with Crippen LogP contribution in [0.2, 0.25) is 0 Å². The largest absolute Gasteiger partial charge is 0.311 e. The van der Waals surface area contributed by atoms with E-state index in [9.17, 15) is 0 Å². The molecule has 3 heterocycles. The SMILES string of the molecule is CCCN(C1CC2CCC(C1)N2)C(C)c1cn(C)nc1C. The van der Waals surface area contributed by atoms with Crippen LogP contribution >= 0.6 is 0 Å². The van der Waals surface area contributed by atoms with Crippen molar-refractivity contribution >= 4 is 0 Å². The van der Waals surface area contributed by atoms with Crippen molar-refractivity contribution in [1.82, 2.24) is 20.0 Å². The van der Waals surface area contributed by atoms with Crippen LogP contribution in [0.1, 0.15) is 63.3 Å². The van der Waals surface area contributed by atoms with E-state index in [1.807, 2.05) is 11.7 Å². The molecule has 3 atom stereocenters. The van der Waals surface area contributed by atoms with Crippen molar-refractivity contribution in [2.24, 2.45) is 7.05 Å². The van der Waals surface area contributed by atoms with Crippen molar-refractivity contribution in [3.63, 3.8) is 0 Å². The Labute approximate surface area is 128 Å². The van der Waals surface area contributed by atoms with Crippen LogP contribution < -0.4 is 5.32 Å². The van der Waals surface area contributed by atoms with Crippen LogP contribution in [0.15, 0.2) is 6.20 Å². The van der Waals surface area contributed by atoms with E-state index in [0.717, 1.165) is 18.1 Å². The van der Waals surface area contributed by atoms with Crippen LogP contribution in [-0.4, -0.2) is 39.4 Å². The highest BCUT2D eigenvalue weighted by molar-refractivity contribution is 5.20. The Kier molecular flexibility index (Phi) is 4.36. The molecule has 0 saturated carbocycles. The summed E-state index contributed by atoms with van der Waals surface area (Å²) in [5, 5.41) is 8.31. The summed E-state index contributed by atoms with van der Waals surface area (Å²) in [6.07, 6.45) is 8.82. The van der Waals surface area contributed by atoms with Crippen LogP contribution in [0.4, 0.5) is 0 Å². The summed E-state index contributed by atoms with van der Waals surface area (Å²) in [7, 11) is 2.03. The van der Waals surface area contributed by atoms with Gasteiger partial charge in [0.05, 0.1) is 5.69 Å². The molecule has 1 aromatic rings. The molecule has 0 radical (unpaired) electrons. The summed E-state index contributed by atoms with van der Waals surface area (Å²) in [6, 6.07) is 2.73. The zero-order valence-electron chi connectivity index (χ0n) is 14.0. The predicted molar refractivity (Wildman–Crippen MR) is 86.3 cm³/mol. The highest BCUT2D eigenvalue weighted by atomic mass is 15.3. The molecule has 3 unspecified atom stereocenters. The minimum atomic E-state index is 0.473. The van der Waals surface area contributed by atoms with Gasteiger partial charge in [0.2, 0.25) is 0 Å². The molecule has 1 N–H and O–H groups in total. The molecule has 1 aromatic heterocycles. The van der Waals surface area contributed by atoms with Crippen molar-refractivity contribution in [3.8, 4) is 0 Å². The summed E-state index contributed by atoms with van der Waals surface area (Å²) >= 11 is 0. The van der Waals surface area contributed by atoms with Crippen LogP contribution in [-0.2, 0) is 7.05 Å². The third-order valence-corrected chi connectivity index (χ3v) is 5.40. The second-order valence-corrected chi connectivity index (χ2v) is 7.02. The second-order valence-electron chi connectivity index (χ2n) is 7.02. The zero-order chi connectivity index (χ0) is 15.0. The number of fused-ring (bicyclic) bond motifs is 2. The lowest BCUT2D eigenvalue weighted by Gasteiger charge is -2.41. The fraction of sp³-hybridized carbons (Fsp3) is 0.824. The predicted octanol–water partition coefficient (Wildman–Crippen LogP) is 2.78. The molecule has 0 aromatic carbocycles. The van der Waals surface area contributed by atoms with E-state index in [-0.39, 0.29) is 0 Å². The quantitative estimate of drug-likeness (QED) is 0.905. The number of rotatable bonds is 5. The summed E-state index contributed by atoms with van der Waals surface area (Å²) in [6.45, 7) is 8.00. The molecular weight excluding hydrogens is 260 g/mol. The highest BCUT2D eigenvalue weighted by Crippen LogP contribution is 2.34. The van der Waals surface area contributed by atoms with E-state index in [1.165, 1.54) is 49.9 Å². The molecule has 0 spiro atoms. The second kappa shape index (κ2) is 6.09. The first kappa shape index (κ1) is 15.0. The van der Waals surface area contributed by atoms with Gasteiger partial charge in [-0.2, -0.15) is 5.10 Å². The van der Waals surface area contributed by atoms with Gasteiger partial charge in [0.1, 0.15) is 0 Å². The van der Waals surface area contributed by atoms with Gasteiger partial charge in [-0.25, -0.2) is 0 Å². The lowest BCUT2D eigenvalue weighted by molar-refractivity contribution is 0.101. The molecule has 2 saturated heterocycles. The van der Waals surface area contributed by atoms with E-state index in [2.05, 4.69) is 42.3 Å². The van der Waals surface area contributed by atoms with Crippen molar-refractivity contribution in [3.05, 3.63) is 17.5 Å². The average molecular weight is 290 g/mol. The molecule has 2 aliphatic heterocycles. The maximum Gasteiger partial charge on any atom is 0.0641 e. The molecule has 0 amide bonds. The number of hydrogen-bond donors (Lipinski definition) is 1. The van der Waals surface area contributed by atoms with E-state index >= 15 is 0 Å². The van der Waals surface area contributed by atoms with Gasteiger partial charge in [0, 0.05) is 43.0 Å². The summed E-state index contributed by atoms with van der Waals surface area (Å²) in [4.78, 5) is 2.75. The van der Waals surface area contributed by atoms with Gasteiger partial charge in [0.15, 0.2) is 0 Å². The minimum Gasteiger partial charge on any atom is -0.311 e. The summed E-state index contributed by atoms with van der Waals surface area (Å²) in [5.41, 5.74) is 2.58. The van der Waals surface area contributed by atoms with Crippen LogP contribution in [0.5, 0.6) is 0 Å². The van der Waals surface area contributed by atoms with Crippen molar-refractivity contribution < 1.29 is 0 Å². The first-order valence-corrected chi connectivity index (χ1v) is 8.60. The molecule has 0 aliphatic carbocycles. The average Bonchev–Trinajstić information content (AvgIpc) is 2.97. The van der Waals surface area contributed by atoms with Gasteiger partial charge in [-0.15, -0.1) is 0 Å². The fourth-order valence-electron chi connectivity index (χ4n) is 4.46. The van der Waals surface area contributed by atoms with Crippen LogP contribution in [0.25, 0.3) is 0 Å². The molecule has 21 heavy (non-hydrogen) atoms. The number of piperidine rings is 1. The van der Waals surface area contributed by atoms with Gasteiger partial charge < -0.3 is 5.32 Å².